The minimum atomic E-state index is -0.573. The average Bonchev–Trinajstić information content (AvgIpc) is 3.26. The maximum absolute atomic E-state index is 11.0. The summed E-state index contributed by atoms with van der Waals surface area (Å²) in [5.74, 6) is 0.396. The number of nitrogens with zero attached hydrogens (tertiary/aromatic N) is 4. The molecule has 0 aliphatic heterocycles. The van der Waals surface area contributed by atoms with Crippen molar-refractivity contribution in [2.24, 2.45) is 5.73 Å². The highest BCUT2D eigenvalue weighted by atomic mass is 32.1. The van der Waals surface area contributed by atoms with Crippen LogP contribution in [0.15, 0.2) is 47.1 Å². The lowest BCUT2D eigenvalue weighted by atomic mass is 10.2. The molecule has 0 aliphatic carbocycles. The summed E-state index contributed by atoms with van der Waals surface area (Å²) in [5, 5.41) is 4.99. The van der Waals surface area contributed by atoms with Crippen molar-refractivity contribution in [1.29, 1.82) is 0 Å². The van der Waals surface area contributed by atoms with E-state index in [2.05, 4.69) is 26.2 Å². The van der Waals surface area contributed by atoms with Crippen LogP contribution in [0.5, 0.6) is 0 Å². The van der Waals surface area contributed by atoms with Gasteiger partial charge in [-0.05, 0) is 24.3 Å². The summed E-state index contributed by atoms with van der Waals surface area (Å²) in [6.45, 7) is 0. The highest BCUT2D eigenvalue weighted by Crippen LogP contribution is 2.23. The van der Waals surface area contributed by atoms with E-state index < -0.39 is 5.91 Å². The Labute approximate surface area is 146 Å². The summed E-state index contributed by atoms with van der Waals surface area (Å²) in [5.41, 5.74) is 7.05. The van der Waals surface area contributed by atoms with Gasteiger partial charge in [0.25, 0.3) is 5.91 Å². The molecule has 124 valence electrons. The molecule has 8 heteroatoms. The van der Waals surface area contributed by atoms with Crippen LogP contribution in [0.1, 0.15) is 21.4 Å². The SMILES string of the molecule is NC(=O)c1ccc(-c2noc(CCc3nc4ccccc4s3)n2)cn1. The third-order valence-electron chi connectivity index (χ3n) is 3.63. The molecule has 0 saturated carbocycles. The number of hydrogen-bond acceptors (Lipinski definition) is 7. The Balaban J connectivity index is 1.46. The first kappa shape index (κ1) is 15.4. The van der Waals surface area contributed by atoms with Crippen molar-refractivity contribution in [2.45, 2.75) is 12.8 Å². The smallest absolute Gasteiger partial charge is 0.267 e. The zero-order valence-corrected chi connectivity index (χ0v) is 13.9. The van der Waals surface area contributed by atoms with Gasteiger partial charge < -0.3 is 10.3 Å². The van der Waals surface area contributed by atoms with E-state index in [-0.39, 0.29) is 5.69 Å². The van der Waals surface area contributed by atoms with Gasteiger partial charge in [-0.25, -0.2) is 4.98 Å². The van der Waals surface area contributed by atoms with Crippen LogP contribution in [-0.4, -0.2) is 26.0 Å². The number of aromatic nitrogens is 4. The lowest BCUT2D eigenvalue weighted by molar-refractivity contribution is 0.0995. The molecule has 1 amide bonds. The molecule has 3 aromatic heterocycles. The van der Waals surface area contributed by atoms with Gasteiger partial charge in [-0.2, -0.15) is 4.98 Å². The van der Waals surface area contributed by atoms with Gasteiger partial charge in [0.2, 0.25) is 11.7 Å². The second-order valence-electron chi connectivity index (χ2n) is 5.38. The van der Waals surface area contributed by atoms with Crippen LogP contribution in [0, 0.1) is 0 Å². The zero-order valence-electron chi connectivity index (χ0n) is 13.0. The molecule has 7 nitrogen and oxygen atoms in total. The first-order valence-electron chi connectivity index (χ1n) is 7.62. The van der Waals surface area contributed by atoms with Gasteiger partial charge in [0, 0.05) is 24.6 Å². The number of aryl methyl sites for hydroxylation is 2. The third-order valence-corrected chi connectivity index (χ3v) is 4.73. The molecule has 2 N–H and O–H groups in total. The van der Waals surface area contributed by atoms with Crippen LogP contribution in [0.25, 0.3) is 21.6 Å². The number of carbonyl (C=O) groups excluding carboxylic acids is 1. The summed E-state index contributed by atoms with van der Waals surface area (Å²) in [6, 6.07) is 11.3. The molecule has 4 rings (SSSR count). The van der Waals surface area contributed by atoms with E-state index in [1.54, 1.807) is 17.4 Å². The largest absolute Gasteiger partial charge is 0.364 e. The highest BCUT2D eigenvalue weighted by molar-refractivity contribution is 7.18. The van der Waals surface area contributed by atoms with Crippen molar-refractivity contribution in [1.82, 2.24) is 20.1 Å². The Bertz CT molecular complexity index is 1010. The van der Waals surface area contributed by atoms with E-state index in [1.807, 2.05) is 18.2 Å². The second kappa shape index (κ2) is 6.40. The molecular weight excluding hydrogens is 338 g/mol. The normalized spacial score (nSPS) is 11.0. The molecule has 3 heterocycles. The molecule has 0 saturated heterocycles. The van der Waals surface area contributed by atoms with Gasteiger partial charge in [-0.3, -0.25) is 9.78 Å². The fourth-order valence-corrected chi connectivity index (χ4v) is 3.35. The number of thiazole rings is 1. The minimum Gasteiger partial charge on any atom is -0.364 e. The number of hydrogen-bond donors (Lipinski definition) is 1. The van der Waals surface area contributed by atoms with Gasteiger partial charge in [-0.1, -0.05) is 17.3 Å². The van der Waals surface area contributed by atoms with Gasteiger partial charge in [0.15, 0.2) is 0 Å². The molecule has 0 radical (unpaired) electrons. The van der Waals surface area contributed by atoms with Gasteiger partial charge in [-0.15, -0.1) is 11.3 Å². The van der Waals surface area contributed by atoms with Crippen molar-refractivity contribution in [3.8, 4) is 11.4 Å². The van der Waals surface area contributed by atoms with Gasteiger partial charge >= 0.3 is 0 Å². The monoisotopic (exact) mass is 351 g/mol. The second-order valence-corrected chi connectivity index (χ2v) is 6.50. The molecule has 0 aliphatic rings. The van der Waals surface area contributed by atoms with Crippen LogP contribution in [0.2, 0.25) is 0 Å². The van der Waals surface area contributed by atoms with Gasteiger partial charge in [0.1, 0.15) is 5.69 Å². The number of nitrogens with two attached hydrogens (primary N) is 1. The Hall–Kier alpha value is -3.13. The number of pyridine rings is 1. The fraction of sp³-hybridized carbons (Fsp3) is 0.118. The number of amides is 1. The maximum Gasteiger partial charge on any atom is 0.267 e. The fourth-order valence-electron chi connectivity index (χ4n) is 2.39. The third kappa shape index (κ3) is 3.24. The Morgan fingerprint density at radius 1 is 1.12 bits per heavy atom. The molecule has 0 unspecified atom stereocenters. The highest BCUT2D eigenvalue weighted by Gasteiger charge is 2.11. The number of carbonyl (C=O) groups is 1. The van der Waals surface area contributed by atoms with Crippen LogP contribution in [0.3, 0.4) is 0 Å². The predicted molar refractivity (Wildman–Crippen MR) is 93.1 cm³/mol. The van der Waals surface area contributed by atoms with Crippen molar-refractivity contribution in [3.05, 3.63) is 59.2 Å². The quantitative estimate of drug-likeness (QED) is 0.592. The molecule has 4 aromatic rings. The summed E-state index contributed by atoms with van der Waals surface area (Å²) >= 11 is 1.67. The van der Waals surface area contributed by atoms with E-state index in [4.69, 9.17) is 10.3 Å². The van der Waals surface area contributed by atoms with Gasteiger partial charge in [0.05, 0.1) is 15.2 Å². The molecule has 0 bridgehead atoms. The maximum atomic E-state index is 11.0. The first-order valence-corrected chi connectivity index (χ1v) is 8.44. The van der Waals surface area contributed by atoms with E-state index >= 15 is 0 Å². The molecule has 25 heavy (non-hydrogen) atoms. The minimum absolute atomic E-state index is 0.198. The molecule has 1 aromatic carbocycles. The lowest BCUT2D eigenvalue weighted by Crippen LogP contribution is -2.12. The van der Waals surface area contributed by atoms with E-state index in [0.717, 1.165) is 16.9 Å². The van der Waals surface area contributed by atoms with Crippen molar-refractivity contribution in [3.63, 3.8) is 0 Å². The summed E-state index contributed by atoms with van der Waals surface area (Å²) < 4.78 is 6.46. The standard InChI is InChI=1S/C17H13N5O2S/c18-16(23)12-6-5-10(9-19-12)17-21-14(24-22-17)7-8-15-20-11-3-1-2-4-13(11)25-15/h1-6,9H,7-8H2,(H2,18,23). The predicted octanol–water partition coefficient (Wildman–Crippen LogP) is 2.63. The lowest BCUT2D eigenvalue weighted by Gasteiger charge is -1.95. The first-order chi connectivity index (χ1) is 12.2. The molecule has 0 fully saturated rings. The number of para-hydroxylation sites is 1. The number of rotatable bonds is 5. The summed E-state index contributed by atoms with van der Waals surface area (Å²) in [7, 11) is 0. The zero-order chi connectivity index (χ0) is 17.2. The van der Waals surface area contributed by atoms with Crippen molar-refractivity contribution < 1.29 is 9.32 Å². The van der Waals surface area contributed by atoms with Crippen LogP contribution in [-0.2, 0) is 12.8 Å². The molecular formula is C17H13N5O2S. The van der Waals surface area contributed by atoms with Crippen LogP contribution >= 0.6 is 11.3 Å². The van der Waals surface area contributed by atoms with Crippen molar-refractivity contribution >= 4 is 27.5 Å². The topological polar surface area (TPSA) is 108 Å². The Kier molecular flexibility index (Phi) is 3.95. The number of primary amides is 1. The average molecular weight is 351 g/mol. The van der Waals surface area contributed by atoms with Crippen LogP contribution < -0.4 is 5.73 Å². The van der Waals surface area contributed by atoms with Crippen LogP contribution in [0.4, 0.5) is 0 Å². The Morgan fingerprint density at radius 2 is 2.00 bits per heavy atom. The summed E-state index contributed by atoms with van der Waals surface area (Å²) in [6.07, 6.45) is 2.85. The van der Waals surface area contributed by atoms with Crippen molar-refractivity contribution in [2.75, 3.05) is 0 Å². The number of benzene rings is 1. The number of fused-ring (bicyclic) bond motifs is 1. The molecule has 0 spiro atoms. The Morgan fingerprint density at radius 3 is 2.76 bits per heavy atom. The van der Waals surface area contributed by atoms with E-state index in [0.29, 0.717) is 23.7 Å². The van der Waals surface area contributed by atoms with E-state index in [9.17, 15) is 4.79 Å². The van der Waals surface area contributed by atoms with E-state index in [1.165, 1.54) is 17.0 Å². The summed E-state index contributed by atoms with van der Waals surface area (Å²) in [4.78, 5) is 24.0. The molecule has 0 atom stereocenters.